The summed E-state index contributed by atoms with van der Waals surface area (Å²) in [5.41, 5.74) is 0. The summed E-state index contributed by atoms with van der Waals surface area (Å²) in [5, 5.41) is 0. The SMILES string of the molecule is CS[CH]=[Ru]([Cl])[Cl]. The van der Waals surface area contributed by atoms with Crippen molar-refractivity contribution in [2.24, 2.45) is 0 Å². The first-order chi connectivity index (χ1) is 2.77. The van der Waals surface area contributed by atoms with E-state index in [4.69, 9.17) is 19.4 Å². The van der Waals surface area contributed by atoms with Crippen molar-refractivity contribution in [2.75, 3.05) is 6.26 Å². The van der Waals surface area contributed by atoms with Crippen molar-refractivity contribution in [3.63, 3.8) is 0 Å². The Kier molecular flexibility index (Phi) is 5.67. The molecule has 0 N–H and O–H groups in total. The van der Waals surface area contributed by atoms with Gasteiger partial charge in [0.2, 0.25) is 0 Å². The van der Waals surface area contributed by atoms with Crippen LogP contribution < -0.4 is 0 Å². The Morgan fingerprint density at radius 2 is 2.17 bits per heavy atom. The van der Waals surface area contributed by atoms with Crippen LogP contribution in [0.3, 0.4) is 0 Å². The summed E-state index contributed by atoms with van der Waals surface area (Å²) in [5.74, 6) is 0. The van der Waals surface area contributed by atoms with E-state index in [2.05, 4.69) is 0 Å². The van der Waals surface area contributed by atoms with Gasteiger partial charge in [0.05, 0.1) is 0 Å². The average Bonchev–Trinajstić information content (AvgIpc) is 1.35. The second kappa shape index (κ2) is 4.58. The summed E-state index contributed by atoms with van der Waals surface area (Å²) >= 11 is 0.162. The van der Waals surface area contributed by atoms with Gasteiger partial charge >= 0.3 is 54.9 Å². The van der Waals surface area contributed by atoms with E-state index in [1.54, 1.807) is 11.8 Å². The van der Waals surface area contributed by atoms with Crippen LogP contribution in [0.1, 0.15) is 0 Å². The second-order valence-electron chi connectivity index (χ2n) is 0.524. The van der Waals surface area contributed by atoms with Gasteiger partial charge in [-0.3, -0.25) is 0 Å². The number of halogens is 2. The predicted octanol–water partition coefficient (Wildman–Crippen LogP) is 2.03. The third kappa shape index (κ3) is 5.42. The Bertz CT molecular complexity index is 58.6. The molecule has 0 rings (SSSR count). The van der Waals surface area contributed by atoms with Crippen molar-refractivity contribution in [3.8, 4) is 0 Å². The van der Waals surface area contributed by atoms with Crippen LogP contribution in [0.25, 0.3) is 0 Å². The van der Waals surface area contributed by atoms with Gasteiger partial charge in [-0.1, -0.05) is 0 Å². The average molecular weight is 232 g/mol. The first kappa shape index (κ1) is 7.42. The van der Waals surface area contributed by atoms with Gasteiger partial charge in [-0.05, 0) is 0 Å². The molecule has 0 aromatic carbocycles. The molecule has 0 aliphatic rings. The number of rotatable bonds is 1. The van der Waals surface area contributed by atoms with Gasteiger partial charge in [0.15, 0.2) is 0 Å². The fourth-order valence-corrected chi connectivity index (χ4v) is 3.35. The monoisotopic (exact) mass is 232 g/mol. The van der Waals surface area contributed by atoms with Gasteiger partial charge < -0.3 is 0 Å². The Morgan fingerprint density at radius 1 is 1.67 bits per heavy atom. The minimum absolute atomic E-state index is 1.42. The van der Waals surface area contributed by atoms with E-state index in [-0.39, 0.29) is 0 Å². The quantitative estimate of drug-likeness (QED) is 0.623. The van der Waals surface area contributed by atoms with Crippen molar-refractivity contribution < 1.29 is 13.5 Å². The molecule has 0 bridgehead atoms. The molecule has 0 aromatic rings. The second-order valence-corrected chi connectivity index (χ2v) is 7.61. The fourth-order valence-electron chi connectivity index (χ4n) is 0.0630. The molecule has 0 aromatic heterocycles. The zero-order valence-electron chi connectivity index (χ0n) is 3.10. The van der Waals surface area contributed by atoms with E-state index in [0.29, 0.717) is 0 Å². The first-order valence-corrected chi connectivity index (χ1v) is 7.88. The van der Waals surface area contributed by atoms with E-state index in [1.807, 2.05) is 10.2 Å². The zero-order chi connectivity index (χ0) is 4.99. The van der Waals surface area contributed by atoms with Crippen molar-refractivity contribution in [1.29, 1.82) is 0 Å². The molecule has 0 aliphatic carbocycles. The first-order valence-electron chi connectivity index (χ1n) is 1.12. The van der Waals surface area contributed by atoms with Crippen molar-refractivity contribution in [3.05, 3.63) is 0 Å². The Morgan fingerprint density at radius 3 is 2.17 bits per heavy atom. The van der Waals surface area contributed by atoms with E-state index < -0.39 is 13.5 Å². The fraction of sp³-hybridized carbons (Fsp3) is 0.500. The number of hydrogen-bond acceptors (Lipinski definition) is 1. The van der Waals surface area contributed by atoms with Crippen LogP contribution in [0.2, 0.25) is 0 Å². The van der Waals surface area contributed by atoms with E-state index in [9.17, 15) is 0 Å². The van der Waals surface area contributed by atoms with Crippen LogP contribution >= 0.6 is 31.1 Å². The third-order valence-electron chi connectivity index (χ3n) is 0.146. The molecular formula is C2H4Cl2RuS. The minimum atomic E-state index is -1.42. The Hall–Kier alpha value is 1.42. The summed E-state index contributed by atoms with van der Waals surface area (Å²) in [7, 11) is 10.8. The van der Waals surface area contributed by atoms with Crippen LogP contribution in [-0.2, 0) is 13.5 Å². The maximum atomic E-state index is 5.41. The zero-order valence-corrected chi connectivity index (χ0v) is 7.16. The van der Waals surface area contributed by atoms with Crippen LogP contribution in [-0.4, -0.2) is 10.2 Å². The summed E-state index contributed by atoms with van der Waals surface area (Å²) in [6.07, 6.45) is 1.95. The third-order valence-corrected chi connectivity index (χ3v) is 4.83. The van der Waals surface area contributed by atoms with Gasteiger partial charge in [0, 0.05) is 0 Å². The normalized spacial score (nSPS) is 10.8. The molecule has 0 fully saturated rings. The van der Waals surface area contributed by atoms with Crippen molar-refractivity contribution in [2.45, 2.75) is 0 Å². The predicted molar refractivity (Wildman–Crippen MR) is 31.3 cm³/mol. The van der Waals surface area contributed by atoms with E-state index >= 15 is 0 Å². The summed E-state index contributed by atoms with van der Waals surface area (Å²) < 4.78 is 1.88. The number of hydrogen-bond donors (Lipinski definition) is 0. The molecule has 0 heterocycles. The molecule has 0 aliphatic heterocycles. The molecule has 0 spiro atoms. The maximum absolute atomic E-state index is 5.41. The van der Waals surface area contributed by atoms with Crippen LogP contribution in [0.15, 0.2) is 0 Å². The van der Waals surface area contributed by atoms with Gasteiger partial charge in [0.1, 0.15) is 0 Å². The summed E-state index contributed by atoms with van der Waals surface area (Å²) in [4.78, 5) is 0. The molecule has 6 heavy (non-hydrogen) atoms. The Labute approximate surface area is 54.7 Å². The van der Waals surface area contributed by atoms with Crippen molar-refractivity contribution in [1.82, 2.24) is 0 Å². The van der Waals surface area contributed by atoms with Crippen LogP contribution in [0, 0.1) is 0 Å². The topological polar surface area (TPSA) is 0 Å². The molecule has 4 heteroatoms. The van der Waals surface area contributed by atoms with Crippen LogP contribution in [0.4, 0.5) is 0 Å². The van der Waals surface area contributed by atoms with Gasteiger partial charge in [-0.2, -0.15) is 0 Å². The molecule has 0 saturated heterocycles. The van der Waals surface area contributed by atoms with Crippen molar-refractivity contribution >= 4 is 35.1 Å². The van der Waals surface area contributed by atoms with E-state index in [0.717, 1.165) is 0 Å². The van der Waals surface area contributed by atoms with Gasteiger partial charge in [-0.15, -0.1) is 0 Å². The van der Waals surface area contributed by atoms with E-state index in [1.165, 1.54) is 0 Å². The van der Waals surface area contributed by atoms with Crippen LogP contribution in [0.5, 0.6) is 0 Å². The molecule has 0 radical (unpaired) electrons. The van der Waals surface area contributed by atoms with Gasteiger partial charge in [-0.25, -0.2) is 0 Å². The molecule has 0 amide bonds. The standard InChI is InChI=1S/C2H4S.2ClH.Ru/c1-3-2;;;/h1H,2H3;2*1H;/q;;;+2/p-2. The molecule has 40 valence electrons. The summed E-state index contributed by atoms with van der Waals surface area (Å²) in [6, 6.07) is 0. The molecular weight excluding hydrogens is 228 g/mol. The van der Waals surface area contributed by atoms with Gasteiger partial charge in [0.25, 0.3) is 0 Å². The number of thioether (sulfide) groups is 1. The molecule has 0 atom stereocenters. The Balaban J connectivity index is 3.14. The molecule has 0 saturated carbocycles. The summed E-state index contributed by atoms with van der Waals surface area (Å²) in [6.45, 7) is 0. The molecule has 0 unspecified atom stereocenters. The molecule has 0 nitrogen and oxygen atoms in total.